The molecule has 0 radical (unpaired) electrons. The van der Waals surface area contributed by atoms with Crippen LogP contribution in [0.25, 0.3) is 0 Å². The second kappa shape index (κ2) is 6.65. The number of ketones is 1. The molecule has 3 N–H and O–H groups in total. The number of amides is 1. The van der Waals surface area contributed by atoms with E-state index in [0.717, 1.165) is 37.2 Å². The van der Waals surface area contributed by atoms with E-state index in [1.54, 1.807) is 6.92 Å². The predicted octanol–water partition coefficient (Wildman–Crippen LogP) is 2.29. The third-order valence-electron chi connectivity index (χ3n) is 4.78. The van der Waals surface area contributed by atoms with Gasteiger partial charge in [-0.2, -0.15) is 0 Å². The highest BCUT2D eigenvalue weighted by Gasteiger charge is 2.29. The first-order valence-electron chi connectivity index (χ1n) is 8.14. The molecule has 1 fully saturated rings. The zero-order chi connectivity index (χ0) is 16.4. The van der Waals surface area contributed by atoms with Gasteiger partial charge in [-0.1, -0.05) is 6.92 Å². The molecule has 0 aliphatic carbocycles. The van der Waals surface area contributed by atoms with Gasteiger partial charge in [0, 0.05) is 30.4 Å². The number of Topliss-reactive ketones (excluding diaryl/α,β-unsaturated/α-hetero) is 1. The van der Waals surface area contributed by atoms with Crippen molar-refractivity contribution in [2.45, 2.75) is 53.0 Å². The lowest BCUT2D eigenvalue weighted by atomic mass is 9.90. The van der Waals surface area contributed by atoms with E-state index in [1.165, 1.54) is 0 Å². The Kier molecular flexibility index (Phi) is 5.06. The number of hydrogen-bond acceptors (Lipinski definition) is 3. The number of H-pyrrole nitrogens is 1. The molecule has 5 nitrogen and oxygen atoms in total. The average Bonchev–Trinajstić information content (AvgIpc) is 2.83. The molecule has 0 saturated carbocycles. The molecule has 1 amide bonds. The molecule has 122 valence electrons. The number of aromatic nitrogens is 1. The third kappa shape index (κ3) is 3.09. The van der Waals surface area contributed by atoms with E-state index in [-0.39, 0.29) is 17.7 Å². The summed E-state index contributed by atoms with van der Waals surface area (Å²) in [4.78, 5) is 29.6. The number of aromatic amines is 1. The van der Waals surface area contributed by atoms with Gasteiger partial charge in [-0.25, -0.2) is 0 Å². The third-order valence-corrected chi connectivity index (χ3v) is 4.78. The Balaban J connectivity index is 2.21. The number of likely N-dealkylation sites (tertiary alicyclic amines) is 1. The minimum absolute atomic E-state index is 0.00979. The second-order valence-corrected chi connectivity index (χ2v) is 6.38. The molecule has 1 atom stereocenters. The summed E-state index contributed by atoms with van der Waals surface area (Å²) in [6.07, 6.45) is 2.57. The summed E-state index contributed by atoms with van der Waals surface area (Å²) in [7, 11) is 0. The summed E-state index contributed by atoms with van der Waals surface area (Å²) < 4.78 is 0. The summed E-state index contributed by atoms with van der Waals surface area (Å²) in [5, 5.41) is 0. The summed E-state index contributed by atoms with van der Waals surface area (Å²) >= 11 is 0. The molecule has 1 saturated heterocycles. The first-order chi connectivity index (χ1) is 10.4. The van der Waals surface area contributed by atoms with Gasteiger partial charge >= 0.3 is 0 Å². The minimum Gasteiger partial charge on any atom is -0.354 e. The predicted molar refractivity (Wildman–Crippen MR) is 87.2 cm³/mol. The van der Waals surface area contributed by atoms with Crippen molar-refractivity contribution in [1.29, 1.82) is 0 Å². The van der Waals surface area contributed by atoms with E-state index in [9.17, 15) is 9.59 Å². The van der Waals surface area contributed by atoms with E-state index in [2.05, 4.69) is 4.98 Å². The van der Waals surface area contributed by atoms with Crippen molar-refractivity contribution >= 4 is 11.7 Å². The van der Waals surface area contributed by atoms with E-state index < -0.39 is 0 Å². The lowest BCUT2D eigenvalue weighted by molar-refractivity contribution is 0.0674. The standard InChI is InChI=1S/C17H27N3O2/c1-5-14-15(12(4)21)11(3)19-16(14)17(22)20-8-6-13(7-9-20)10(2)18/h10,13,19H,5-9,18H2,1-4H3. The van der Waals surface area contributed by atoms with Gasteiger partial charge in [-0.3, -0.25) is 9.59 Å². The average molecular weight is 305 g/mol. The van der Waals surface area contributed by atoms with Crippen molar-refractivity contribution in [3.8, 4) is 0 Å². The van der Waals surface area contributed by atoms with E-state index in [4.69, 9.17) is 5.73 Å². The van der Waals surface area contributed by atoms with E-state index in [0.29, 0.717) is 23.6 Å². The maximum Gasteiger partial charge on any atom is 0.270 e. The topological polar surface area (TPSA) is 79.2 Å². The van der Waals surface area contributed by atoms with Gasteiger partial charge in [0.15, 0.2) is 5.78 Å². The smallest absolute Gasteiger partial charge is 0.270 e. The zero-order valence-corrected chi connectivity index (χ0v) is 14.0. The fourth-order valence-corrected chi connectivity index (χ4v) is 3.48. The highest BCUT2D eigenvalue weighted by atomic mass is 16.2. The minimum atomic E-state index is 0.00979. The molecule has 2 rings (SSSR count). The van der Waals surface area contributed by atoms with Gasteiger partial charge in [0.25, 0.3) is 5.91 Å². The van der Waals surface area contributed by atoms with Crippen LogP contribution in [0.15, 0.2) is 0 Å². The number of nitrogens with two attached hydrogens (primary N) is 1. The van der Waals surface area contributed by atoms with Crippen LogP contribution in [0.1, 0.15) is 65.7 Å². The highest BCUT2D eigenvalue weighted by molar-refractivity contribution is 6.02. The number of carbonyl (C=O) groups excluding carboxylic acids is 2. The van der Waals surface area contributed by atoms with E-state index in [1.807, 2.05) is 25.7 Å². The van der Waals surface area contributed by atoms with Crippen LogP contribution >= 0.6 is 0 Å². The van der Waals surface area contributed by atoms with Gasteiger partial charge in [0.1, 0.15) is 5.69 Å². The van der Waals surface area contributed by atoms with Crippen LogP contribution in [0.4, 0.5) is 0 Å². The molecule has 1 aliphatic rings. The Labute approximate surface area is 132 Å². The molecule has 1 aromatic heterocycles. The molecule has 5 heteroatoms. The molecule has 0 spiro atoms. The van der Waals surface area contributed by atoms with Gasteiger partial charge in [-0.15, -0.1) is 0 Å². The Bertz CT molecular complexity index is 567. The van der Waals surface area contributed by atoms with Crippen LogP contribution in [0, 0.1) is 12.8 Å². The van der Waals surface area contributed by atoms with Crippen molar-refractivity contribution in [2.24, 2.45) is 11.7 Å². The van der Waals surface area contributed by atoms with Crippen molar-refractivity contribution in [1.82, 2.24) is 9.88 Å². The van der Waals surface area contributed by atoms with Gasteiger partial charge < -0.3 is 15.6 Å². The lowest BCUT2D eigenvalue weighted by Crippen LogP contribution is -2.42. The first-order valence-corrected chi connectivity index (χ1v) is 8.14. The van der Waals surface area contributed by atoms with Crippen molar-refractivity contribution in [2.75, 3.05) is 13.1 Å². The lowest BCUT2D eigenvalue weighted by Gasteiger charge is -2.33. The number of rotatable bonds is 4. The van der Waals surface area contributed by atoms with Gasteiger partial charge in [0.05, 0.1) is 0 Å². The molecule has 2 heterocycles. The fourth-order valence-electron chi connectivity index (χ4n) is 3.48. The molecule has 1 unspecified atom stereocenters. The quantitative estimate of drug-likeness (QED) is 0.838. The molecule has 1 aliphatic heterocycles. The fraction of sp³-hybridized carbons (Fsp3) is 0.647. The summed E-state index contributed by atoms with van der Waals surface area (Å²) in [6.45, 7) is 8.90. The SMILES string of the molecule is CCc1c(C(=O)N2CCC(C(C)N)CC2)[nH]c(C)c1C(C)=O. The Morgan fingerprint density at radius 2 is 1.95 bits per heavy atom. The molecular weight excluding hydrogens is 278 g/mol. The number of aryl methyl sites for hydroxylation is 1. The second-order valence-electron chi connectivity index (χ2n) is 6.38. The summed E-state index contributed by atoms with van der Waals surface area (Å²) in [5.41, 5.74) is 8.86. The monoisotopic (exact) mass is 305 g/mol. The molecular formula is C17H27N3O2. The Morgan fingerprint density at radius 3 is 2.41 bits per heavy atom. The van der Waals surface area contributed by atoms with Crippen LogP contribution in [0.3, 0.4) is 0 Å². The summed E-state index contributed by atoms with van der Waals surface area (Å²) in [6, 6.07) is 0.181. The summed E-state index contributed by atoms with van der Waals surface area (Å²) in [5.74, 6) is 0.517. The van der Waals surface area contributed by atoms with Crippen LogP contribution in [0.5, 0.6) is 0 Å². The molecule has 22 heavy (non-hydrogen) atoms. The maximum absolute atomic E-state index is 12.8. The highest BCUT2D eigenvalue weighted by Crippen LogP contribution is 2.25. The number of nitrogens with zero attached hydrogens (tertiary/aromatic N) is 1. The van der Waals surface area contributed by atoms with Crippen LogP contribution in [-0.4, -0.2) is 40.7 Å². The normalized spacial score (nSPS) is 17.6. The zero-order valence-electron chi connectivity index (χ0n) is 14.0. The number of carbonyl (C=O) groups is 2. The Morgan fingerprint density at radius 1 is 1.36 bits per heavy atom. The first kappa shape index (κ1) is 16.7. The van der Waals surface area contributed by atoms with Crippen molar-refractivity contribution < 1.29 is 9.59 Å². The van der Waals surface area contributed by atoms with Gasteiger partial charge in [-0.05, 0) is 51.5 Å². The Hall–Kier alpha value is -1.62. The maximum atomic E-state index is 12.8. The number of hydrogen-bond donors (Lipinski definition) is 2. The number of nitrogens with one attached hydrogen (secondary N) is 1. The van der Waals surface area contributed by atoms with Crippen LogP contribution < -0.4 is 5.73 Å². The molecule has 0 bridgehead atoms. The van der Waals surface area contributed by atoms with Crippen molar-refractivity contribution in [3.05, 3.63) is 22.5 Å². The van der Waals surface area contributed by atoms with Gasteiger partial charge in [0.2, 0.25) is 0 Å². The molecule has 1 aromatic rings. The molecule has 0 aromatic carbocycles. The number of piperidine rings is 1. The largest absolute Gasteiger partial charge is 0.354 e. The van der Waals surface area contributed by atoms with Crippen LogP contribution in [0.2, 0.25) is 0 Å². The van der Waals surface area contributed by atoms with E-state index >= 15 is 0 Å². The van der Waals surface area contributed by atoms with Crippen molar-refractivity contribution in [3.63, 3.8) is 0 Å². The van der Waals surface area contributed by atoms with Crippen LogP contribution in [-0.2, 0) is 6.42 Å².